The molecule has 1 aromatic carbocycles. The van der Waals surface area contributed by atoms with E-state index in [0.29, 0.717) is 0 Å². The number of rotatable bonds is 7. The number of nitrogens with zero attached hydrogens (tertiary/aromatic N) is 2. The monoisotopic (exact) mass is 343 g/mol. The minimum atomic E-state index is -0.564. The van der Waals surface area contributed by atoms with Crippen molar-refractivity contribution in [1.29, 1.82) is 5.26 Å². The van der Waals surface area contributed by atoms with Gasteiger partial charge in [-0.15, -0.1) is 0 Å². The van der Waals surface area contributed by atoms with Crippen molar-refractivity contribution in [3.63, 3.8) is 0 Å². The molecule has 7 nitrogen and oxygen atoms in total. The third-order valence-electron chi connectivity index (χ3n) is 4.15. The molecular weight excluding hydrogens is 322 g/mol. The maximum absolute atomic E-state index is 12.2. The van der Waals surface area contributed by atoms with E-state index in [9.17, 15) is 14.4 Å². The fourth-order valence-corrected chi connectivity index (χ4v) is 2.74. The highest BCUT2D eigenvalue weighted by Gasteiger charge is 2.38. The summed E-state index contributed by atoms with van der Waals surface area (Å²) in [5.74, 6) is -1.67. The Balaban J connectivity index is 1.84. The topological polar surface area (TPSA) is 99.5 Å². The van der Waals surface area contributed by atoms with Crippen molar-refractivity contribution in [1.82, 2.24) is 10.2 Å². The minimum Gasteiger partial charge on any atom is -0.455 e. The van der Waals surface area contributed by atoms with E-state index in [-0.39, 0.29) is 37.9 Å². The molecule has 2 rings (SSSR count). The summed E-state index contributed by atoms with van der Waals surface area (Å²) >= 11 is 0. The fraction of sp³-hybridized carbons (Fsp3) is 0.444. The molecule has 1 fully saturated rings. The van der Waals surface area contributed by atoms with Crippen LogP contribution in [0.4, 0.5) is 0 Å². The maximum Gasteiger partial charge on any atom is 0.311 e. The van der Waals surface area contributed by atoms with Crippen LogP contribution < -0.4 is 5.32 Å². The molecule has 0 radical (unpaired) electrons. The number of amides is 2. The molecule has 7 heteroatoms. The largest absolute Gasteiger partial charge is 0.455 e. The number of nitrogens with one attached hydrogen (secondary N) is 1. The molecule has 0 aromatic heterocycles. The molecule has 1 aliphatic heterocycles. The maximum atomic E-state index is 12.2. The smallest absolute Gasteiger partial charge is 0.311 e. The van der Waals surface area contributed by atoms with Crippen molar-refractivity contribution >= 4 is 17.8 Å². The van der Waals surface area contributed by atoms with Gasteiger partial charge in [0.05, 0.1) is 24.4 Å². The van der Waals surface area contributed by atoms with Crippen LogP contribution in [-0.2, 0) is 19.1 Å². The van der Waals surface area contributed by atoms with Gasteiger partial charge in [0, 0.05) is 19.5 Å². The third kappa shape index (κ3) is 5.05. The van der Waals surface area contributed by atoms with Crippen LogP contribution in [0.1, 0.15) is 31.4 Å². The SMILES string of the molecule is C[C@H](c1ccccc1)N1C[C@H](C(=O)OCC(=O)NCCC#N)CC1=O. The Morgan fingerprint density at radius 2 is 2.12 bits per heavy atom. The van der Waals surface area contributed by atoms with E-state index in [4.69, 9.17) is 10.00 Å². The molecule has 1 aromatic rings. The van der Waals surface area contributed by atoms with E-state index in [1.54, 1.807) is 4.90 Å². The van der Waals surface area contributed by atoms with Gasteiger partial charge in [0.1, 0.15) is 0 Å². The number of carbonyl (C=O) groups excluding carboxylic acids is 3. The third-order valence-corrected chi connectivity index (χ3v) is 4.15. The predicted octanol–water partition coefficient (Wildman–Crippen LogP) is 1.17. The molecule has 2 atom stereocenters. The minimum absolute atomic E-state index is 0.0893. The first-order valence-corrected chi connectivity index (χ1v) is 8.17. The first-order valence-electron chi connectivity index (χ1n) is 8.17. The Labute approximate surface area is 146 Å². The van der Waals surface area contributed by atoms with Gasteiger partial charge >= 0.3 is 5.97 Å². The van der Waals surface area contributed by atoms with Crippen molar-refractivity contribution in [2.75, 3.05) is 19.7 Å². The van der Waals surface area contributed by atoms with E-state index >= 15 is 0 Å². The van der Waals surface area contributed by atoms with E-state index in [0.717, 1.165) is 5.56 Å². The van der Waals surface area contributed by atoms with Crippen molar-refractivity contribution in [2.24, 2.45) is 5.92 Å². The van der Waals surface area contributed by atoms with Crippen LogP contribution in [0.25, 0.3) is 0 Å². The molecular formula is C18H21N3O4. The van der Waals surface area contributed by atoms with Gasteiger partial charge in [0.2, 0.25) is 5.91 Å². The Hall–Kier alpha value is -2.88. The highest BCUT2D eigenvalue weighted by molar-refractivity contribution is 5.88. The molecule has 0 spiro atoms. The van der Waals surface area contributed by atoms with E-state index in [2.05, 4.69) is 5.32 Å². The van der Waals surface area contributed by atoms with Gasteiger partial charge in [0.15, 0.2) is 6.61 Å². The molecule has 25 heavy (non-hydrogen) atoms. The van der Waals surface area contributed by atoms with Crippen molar-refractivity contribution in [3.05, 3.63) is 35.9 Å². The van der Waals surface area contributed by atoms with Crippen molar-refractivity contribution in [3.8, 4) is 6.07 Å². The second-order valence-electron chi connectivity index (χ2n) is 5.90. The lowest BCUT2D eigenvalue weighted by molar-refractivity contribution is -0.152. The van der Waals surface area contributed by atoms with Crippen molar-refractivity contribution < 1.29 is 19.1 Å². The average Bonchev–Trinajstić information content (AvgIpc) is 3.02. The van der Waals surface area contributed by atoms with Gasteiger partial charge < -0.3 is 15.0 Å². The van der Waals surface area contributed by atoms with Gasteiger partial charge in [-0.3, -0.25) is 14.4 Å². The summed E-state index contributed by atoms with van der Waals surface area (Å²) in [4.78, 5) is 37.5. The predicted molar refractivity (Wildman–Crippen MR) is 88.9 cm³/mol. The van der Waals surface area contributed by atoms with E-state index < -0.39 is 24.4 Å². The van der Waals surface area contributed by atoms with Gasteiger partial charge in [-0.2, -0.15) is 5.26 Å². The van der Waals surface area contributed by atoms with E-state index in [1.807, 2.05) is 43.3 Å². The van der Waals surface area contributed by atoms with Crippen LogP contribution >= 0.6 is 0 Å². The molecule has 2 amide bonds. The summed E-state index contributed by atoms with van der Waals surface area (Å²) in [5.41, 5.74) is 1.00. The Bertz CT molecular complexity index is 669. The van der Waals surface area contributed by atoms with Crippen LogP contribution in [0, 0.1) is 17.2 Å². The highest BCUT2D eigenvalue weighted by atomic mass is 16.5. The molecule has 0 bridgehead atoms. The summed E-state index contributed by atoms with van der Waals surface area (Å²) in [6.07, 6.45) is 0.287. The summed E-state index contributed by atoms with van der Waals surface area (Å²) < 4.78 is 4.99. The van der Waals surface area contributed by atoms with Crippen LogP contribution in [0.15, 0.2) is 30.3 Å². The molecule has 0 aliphatic carbocycles. The number of hydrogen-bond acceptors (Lipinski definition) is 5. The Morgan fingerprint density at radius 3 is 2.80 bits per heavy atom. The molecule has 1 aliphatic rings. The lowest BCUT2D eigenvalue weighted by Crippen LogP contribution is -2.32. The zero-order chi connectivity index (χ0) is 18.2. The second-order valence-corrected chi connectivity index (χ2v) is 5.90. The molecule has 1 heterocycles. The Morgan fingerprint density at radius 1 is 1.40 bits per heavy atom. The van der Waals surface area contributed by atoms with Gasteiger partial charge in [-0.25, -0.2) is 0 Å². The summed E-state index contributed by atoms with van der Waals surface area (Å²) in [7, 11) is 0. The first kappa shape index (κ1) is 18.5. The summed E-state index contributed by atoms with van der Waals surface area (Å²) in [6.45, 7) is 2.02. The first-order chi connectivity index (χ1) is 12.0. The van der Waals surface area contributed by atoms with Crippen molar-refractivity contribution in [2.45, 2.75) is 25.8 Å². The zero-order valence-corrected chi connectivity index (χ0v) is 14.1. The number of esters is 1. The van der Waals surface area contributed by atoms with Gasteiger partial charge in [-0.05, 0) is 12.5 Å². The van der Waals surface area contributed by atoms with Crippen LogP contribution in [0.5, 0.6) is 0 Å². The molecule has 1 N–H and O–H groups in total. The molecule has 0 saturated carbocycles. The quantitative estimate of drug-likeness (QED) is 0.592. The molecule has 0 unspecified atom stereocenters. The normalized spacial score (nSPS) is 17.7. The molecule has 1 saturated heterocycles. The second kappa shape index (κ2) is 8.83. The fourth-order valence-electron chi connectivity index (χ4n) is 2.74. The highest BCUT2D eigenvalue weighted by Crippen LogP contribution is 2.28. The number of likely N-dealkylation sites (tertiary alicyclic amines) is 1. The number of nitriles is 1. The lowest BCUT2D eigenvalue weighted by atomic mass is 10.1. The number of benzene rings is 1. The zero-order valence-electron chi connectivity index (χ0n) is 14.1. The van der Waals surface area contributed by atoms with E-state index in [1.165, 1.54) is 0 Å². The standard InChI is InChI=1S/C18H21N3O4/c1-13(14-6-3-2-4-7-14)21-11-15(10-17(21)23)18(24)25-12-16(22)20-9-5-8-19/h2-4,6-7,13,15H,5,9-12H2,1H3,(H,20,22)/t13-,15-/m1/s1. The molecule has 132 valence electrons. The number of ether oxygens (including phenoxy) is 1. The van der Waals surface area contributed by atoms with Crippen LogP contribution in [0.3, 0.4) is 0 Å². The van der Waals surface area contributed by atoms with Crippen LogP contribution in [0.2, 0.25) is 0 Å². The Kier molecular flexibility index (Phi) is 6.52. The lowest BCUT2D eigenvalue weighted by Gasteiger charge is -2.25. The average molecular weight is 343 g/mol. The van der Waals surface area contributed by atoms with Gasteiger partial charge in [-0.1, -0.05) is 30.3 Å². The van der Waals surface area contributed by atoms with Gasteiger partial charge in [0.25, 0.3) is 5.91 Å². The summed E-state index contributed by atoms with van der Waals surface area (Å²) in [5, 5.41) is 10.9. The van der Waals surface area contributed by atoms with Crippen LogP contribution in [-0.4, -0.2) is 42.4 Å². The summed E-state index contributed by atoms with van der Waals surface area (Å²) in [6, 6.07) is 11.4. The number of carbonyl (C=O) groups is 3. The number of hydrogen-bond donors (Lipinski definition) is 1.